The van der Waals surface area contributed by atoms with Gasteiger partial charge in [0.15, 0.2) is 0 Å². The van der Waals surface area contributed by atoms with Gasteiger partial charge < -0.3 is 41.7 Å². The van der Waals surface area contributed by atoms with Gasteiger partial charge in [-0.1, -0.05) is 0 Å². The van der Waals surface area contributed by atoms with E-state index in [0.29, 0.717) is 0 Å². The van der Waals surface area contributed by atoms with Gasteiger partial charge in [0.1, 0.15) is 0 Å². The van der Waals surface area contributed by atoms with Crippen LogP contribution in [0.4, 0.5) is 0 Å². The van der Waals surface area contributed by atoms with E-state index in [1.807, 2.05) is 0 Å². The van der Waals surface area contributed by atoms with Crippen LogP contribution >= 0.6 is 15.6 Å². The van der Waals surface area contributed by atoms with Crippen LogP contribution in [0.15, 0.2) is 0 Å². The molecule has 0 spiro atoms. The molecule has 0 aliphatic heterocycles. The quantitative estimate of drug-likeness (QED) is 0.180. The van der Waals surface area contributed by atoms with E-state index in [0.717, 1.165) is 0 Å². The molecular weight excluding hydrogens is 245 g/mol. The normalized spacial score (nSPS) is 9.08. The zero-order valence-electron chi connectivity index (χ0n) is 7.39. The van der Waals surface area contributed by atoms with Gasteiger partial charge in [-0.2, -0.15) is 0 Å². The van der Waals surface area contributed by atoms with Gasteiger partial charge >= 0.3 is 45.2 Å². The van der Waals surface area contributed by atoms with Crippen molar-refractivity contribution in [3.05, 3.63) is 0 Å². The molecule has 13 heteroatoms. The van der Waals surface area contributed by atoms with Crippen molar-refractivity contribution in [2.75, 3.05) is 0 Å². The van der Waals surface area contributed by atoms with Crippen LogP contribution in [0, 0.1) is 0 Å². The Bertz CT molecular complexity index is 130. The zero-order chi connectivity index (χ0) is 9.00. The molecule has 0 bridgehead atoms. The number of rotatable bonds is 0. The third-order valence-corrected chi connectivity index (χ3v) is 0. The topological polar surface area (TPSA) is 219 Å². The first-order valence-electron chi connectivity index (χ1n) is 1.57. The second-order valence-corrected chi connectivity index (χ2v) is 3.08. The maximum atomic E-state index is 8.88. The fourth-order valence-corrected chi connectivity index (χ4v) is 0. The molecular formula is H11NaO10P2. The maximum Gasteiger partial charge on any atom is 1.00 e. The first kappa shape index (κ1) is 29.2. The average Bonchev–Trinajstić information content (AvgIpc) is 1.12. The van der Waals surface area contributed by atoms with Crippen molar-refractivity contribution >= 4 is 15.6 Å². The molecule has 0 saturated heterocycles. The summed E-state index contributed by atoms with van der Waals surface area (Å²) in [5.74, 6) is 0. The summed E-state index contributed by atoms with van der Waals surface area (Å²) in [6, 6.07) is 0. The minimum atomic E-state index is -4.64. The van der Waals surface area contributed by atoms with Crippen molar-refractivity contribution in [1.82, 2.24) is 0 Å². The molecule has 0 rings (SSSR count). The second kappa shape index (κ2) is 11.2. The minimum absolute atomic E-state index is 0. The number of hydrogen-bond donors (Lipinski definition) is 6. The Morgan fingerprint density at radius 3 is 0.692 bits per heavy atom. The van der Waals surface area contributed by atoms with E-state index < -0.39 is 15.6 Å². The smallest absolute Gasteiger partial charge is 1.00 e. The summed E-state index contributed by atoms with van der Waals surface area (Å²) < 4.78 is 17.8. The Labute approximate surface area is 96.1 Å². The molecule has 0 aromatic carbocycles. The third-order valence-electron chi connectivity index (χ3n) is 0. The fourth-order valence-electron chi connectivity index (χ4n) is 0. The van der Waals surface area contributed by atoms with E-state index >= 15 is 0 Å². The number of hydrogen-bond acceptors (Lipinski definition) is 2. The average molecular weight is 256 g/mol. The summed E-state index contributed by atoms with van der Waals surface area (Å²) in [6.45, 7) is 0. The molecule has 0 fully saturated rings. The maximum absolute atomic E-state index is 8.88. The molecule has 0 radical (unpaired) electrons. The van der Waals surface area contributed by atoms with Crippen LogP contribution in [0.3, 0.4) is 0 Å². The summed E-state index contributed by atoms with van der Waals surface area (Å²) in [5, 5.41) is 0. The minimum Gasteiger partial charge on any atom is -1.00 e. The molecule has 0 atom stereocenters. The molecule has 0 aromatic heterocycles. The van der Waals surface area contributed by atoms with Gasteiger partial charge in [-0.3, -0.25) is 0 Å². The first-order chi connectivity index (χ1) is 4.00. The monoisotopic (exact) mass is 256 g/mol. The Balaban J connectivity index is -0.0000000178. The van der Waals surface area contributed by atoms with Gasteiger partial charge in [-0.15, -0.1) is 0 Å². The Morgan fingerprint density at radius 2 is 0.692 bits per heavy atom. The van der Waals surface area contributed by atoms with Crippen molar-refractivity contribution in [3.8, 4) is 0 Å². The predicted molar refractivity (Wildman–Crippen MR) is 36.9 cm³/mol. The van der Waals surface area contributed by atoms with Gasteiger partial charge in [0.05, 0.1) is 0 Å². The van der Waals surface area contributed by atoms with Crippen molar-refractivity contribution in [1.29, 1.82) is 0 Å². The first-order valence-corrected chi connectivity index (χ1v) is 4.70. The van der Waals surface area contributed by atoms with Gasteiger partial charge in [-0.25, -0.2) is 9.13 Å². The molecule has 13 heavy (non-hydrogen) atoms. The Morgan fingerprint density at radius 1 is 0.692 bits per heavy atom. The molecule has 0 aromatic rings. The van der Waals surface area contributed by atoms with E-state index in [-0.39, 0.29) is 41.9 Å². The fraction of sp³-hybridized carbons (Fsp3) is 0. The molecule has 10 nitrogen and oxygen atoms in total. The second-order valence-electron chi connectivity index (χ2n) is 1.03. The molecule has 0 aliphatic rings. The third kappa shape index (κ3) is 1250. The number of phosphoric acid groups is 2. The van der Waals surface area contributed by atoms with Crippen molar-refractivity contribution < 1.29 is 80.4 Å². The summed E-state index contributed by atoms with van der Waals surface area (Å²) in [6.07, 6.45) is 0. The molecule has 0 amide bonds. The van der Waals surface area contributed by atoms with Gasteiger partial charge in [0.25, 0.3) is 0 Å². The molecule has 0 heterocycles. The Kier molecular flexibility index (Phi) is 25.2. The van der Waals surface area contributed by atoms with E-state index in [4.69, 9.17) is 38.5 Å². The van der Waals surface area contributed by atoms with Crippen LogP contribution < -0.4 is 29.6 Å². The molecule has 0 unspecified atom stereocenters. The largest absolute Gasteiger partial charge is 1.00 e. The standard InChI is InChI=1S/Na.2H3O4P.2H2O.H/c;2*1-5(2,3)4;;;/h;2*(H3,1,2,3,4);2*1H2;/q+1;;;;;-1. The summed E-state index contributed by atoms with van der Waals surface area (Å²) in [5.41, 5.74) is 0. The van der Waals surface area contributed by atoms with E-state index in [1.165, 1.54) is 0 Å². The van der Waals surface area contributed by atoms with E-state index in [2.05, 4.69) is 0 Å². The van der Waals surface area contributed by atoms with Crippen molar-refractivity contribution in [3.63, 3.8) is 0 Å². The summed E-state index contributed by atoms with van der Waals surface area (Å²) in [4.78, 5) is 43.1. The van der Waals surface area contributed by atoms with E-state index in [9.17, 15) is 0 Å². The molecule has 0 aliphatic carbocycles. The molecule has 82 valence electrons. The van der Waals surface area contributed by atoms with E-state index in [1.54, 1.807) is 0 Å². The van der Waals surface area contributed by atoms with Crippen LogP contribution in [0.2, 0.25) is 0 Å². The zero-order valence-corrected chi connectivity index (χ0v) is 10.2. The molecule has 10 N–H and O–H groups in total. The van der Waals surface area contributed by atoms with Crippen LogP contribution in [0.5, 0.6) is 0 Å². The van der Waals surface area contributed by atoms with Crippen LogP contribution in [0.25, 0.3) is 0 Å². The van der Waals surface area contributed by atoms with Crippen molar-refractivity contribution in [2.24, 2.45) is 0 Å². The van der Waals surface area contributed by atoms with Gasteiger partial charge in [-0.05, 0) is 0 Å². The predicted octanol–water partition coefficient (Wildman–Crippen LogP) is -6.39. The van der Waals surface area contributed by atoms with Crippen molar-refractivity contribution in [2.45, 2.75) is 0 Å². The SMILES string of the molecule is O.O.O=P(O)(O)O.O=P(O)(O)O.[H-].[Na+]. The van der Waals surface area contributed by atoms with Crippen LogP contribution in [0.1, 0.15) is 1.43 Å². The van der Waals surface area contributed by atoms with Gasteiger partial charge in [0.2, 0.25) is 0 Å². The Hall–Kier alpha value is 1.14. The van der Waals surface area contributed by atoms with Crippen LogP contribution in [-0.2, 0) is 9.13 Å². The summed E-state index contributed by atoms with van der Waals surface area (Å²) in [7, 11) is -9.28. The molecule has 0 saturated carbocycles. The summed E-state index contributed by atoms with van der Waals surface area (Å²) >= 11 is 0. The van der Waals surface area contributed by atoms with Crippen LogP contribution in [-0.4, -0.2) is 40.3 Å². The van der Waals surface area contributed by atoms with Gasteiger partial charge in [0, 0.05) is 0 Å².